The SMILES string of the molecule is O[C@@H]1CCN(c2nc(N[C@H]3C[C@H](O)C3)nc3c2cnn3-c2cccc(C(F)F)c2)C1. The second kappa shape index (κ2) is 7.44. The molecule has 1 saturated heterocycles. The van der Waals surface area contributed by atoms with Gasteiger partial charge in [0.2, 0.25) is 5.95 Å². The minimum Gasteiger partial charge on any atom is -0.393 e. The van der Waals surface area contributed by atoms with Gasteiger partial charge in [-0.3, -0.25) is 0 Å². The highest BCUT2D eigenvalue weighted by Crippen LogP contribution is 2.31. The fourth-order valence-electron chi connectivity index (χ4n) is 4.00. The van der Waals surface area contributed by atoms with Crippen molar-refractivity contribution in [1.82, 2.24) is 19.7 Å². The van der Waals surface area contributed by atoms with E-state index in [0.29, 0.717) is 60.8 Å². The topological polar surface area (TPSA) is 99.3 Å². The van der Waals surface area contributed by atoms with Crippen LogP contribution in [0.15, 0.2) is 30.5 Å². The lowest BCUT2D eigenvalue weighted by Gasteiger charge is -2.32. The molecule has 1 aliphatic carbocycles. The molecule has 3 aromatic rings. The number of aliphatic hydroxyl groups excluding tert-OH is 2. The Balaban J connectivity index is 1.59. The van der Waals surface area contributed by atoms with Crippen LogP contribution in [0.3, 0.4) is 0 Å². The first kappa shape index (κ1) is 19.1. The van der Waals surface area contributed by atoms with E-state index in [2.05, 4.69) is 20.4 Å². The summed E-state index contributed by atoms with van der Waals surface area (Å²) >= 11 is 0. The minimum absolute atomic E-state index is 0.0769. The summed E-state index contributed by atoms with van der Waals surface area (Å²) in [5.41, 5.74) is 0.893. The number of β-amino-alcohol motifs (C(OH)–C–C–N with tert-alkyl or cyclic N) is 1. The van der Waals surface area contributed by atoms with E-state index in [9.17, 15) is 19.0 Å². The van der Waals surface area contributed by atoms with Gasteiger partial charge in [-0.15, -0.1) is 0 Å². The van der Waals surface area contributed by atoms with E-state index >= 15 is 0 Å². The molecule has 158 valence electrons. The van der Waals surface area contributed by atoms with Gasteiger partial charge in [-0.05, 0) is 31.4 Å². The summed E-state index contributed by atoms with van der Waals surface area (Å²) < 4.78 is 27.9. The normalized spacial score (nSPS) is 23.9. The molecule has 1 saturated carbocycles. The first-order valence-corrected chi connectivity index (χ1v) is 10.00. The maximum Gasteiger partial charge on any atom is 0.263 e. The van der Waals surface area contributed by atoms with Gasteiger partial charge in [-0.25, -0.2) is 13.5 Å². The highest BCUT2D eigenvalue weighted by Gasteiger charge is 2.29. The lowest BCUT2D eigenvalue weighted by molar-refractivity contribution is 0.0834. The van der Waals surface area contributed by atoms with Crippen LogP contribution in [0.25, 0.3) is 16.7 Å². The van der Waals surface area contributed by atoms with Crippen LogP contribution in [0.1, 0.15) is 31.3 Å². The van der Waals surface area contributed by atoms with Crippen LogP contribution in [-0.4, -0.2) is 61.3 Å². The van der Waals surface area contributed by atoms with Crippen LogP contribution in [0.2, 0.25) is 0 Å². The Morgan fingerprint density at radius 1 is 1.13 bits per heavy atom. The summed E-state index contributed by atoms with van der Waals surface area (Å²) in [6.45, 7) is 1.11. The van der Waals surface area contributed by atoms with Gasteiger partial charge in [0.15, 0.2) is 5.65 Å². The predicted molar refractivity (Wildman–Crippen MR) is 107 cm³/mol. The first-order chi connectivity index (χ1) is 14.5. The van der Waals surface area contributed by atoms with Crippen molar-refractivity contribution in [2.75, 3.05) is 23.3 Å². The number of hydrogen-bond acceptors (Lipinski definition) is 7. The third-order valence-electron chi connectivity index (χ3n) is 5.68. The van der Waals surface area contributed by atoms with Crippen LogP contribution in [0.5, 0.6) is 0 Å². The molecule has 2 fully saturated rings. The van der Waals surface area contributed by atoms with Crippen molar-refractivity contribution >= 4 is 22.8 Å². The van der Waals surface area contributed by atoms with Crippen molar-refractivity contribution < 1.29 is 19.0 Å². The van der Waals surface area contributed by atoms with Crippen LogP contribution in [0.4, 0.5) is 20.5 Å². The fourth-order valence-corrected chi connectivity index (χ4v) is 4.00. The first-order valence-electron chi connectivity index (χ1n) is 10.00. The average molecular weight is 416 g/mol. The zero-order valence-corrected chi connectivity index (χ0v) is 16.1. The van der Waals surface area contributed by atoms with Crippen molar-refractivity contribution in [3.05, 3.63) is 36.0 Å². The van der Waals surface area contributed by atoms with E-state index in [1.165, 1.54) is 16.8 Å². The van der Waals surface area contributed by atoms with Gasteiger partial charge in [0.05, 0.1) is 29.5 Å². The second-order valence-electron chi connectivity index (χ2n) is 7.92. The van der Waals surface area contributed by atoms with Crippen molar-refractivity contribution in [3.63, 3.8) is 0 Å². The van der Waals surface area contributed by atoms with Crippen LogP contribution < -0.4 is 10.2 Å². The van der Waals surface area contributed by atoms with E-state index < -0.39 is 12.5 Å². The number of benzene rings is 1. The quantitative estimate of drug-likeness (QED) is 0.587. The van der Waals surface area contributed by atoms with Crippen molar-refractivity contribution in [1.29, 1.82) is 0 Å². The molecule has 0 spiro atoms. The molecule has 8 nitrogen and oxygen atoms in total. The summed E-state index contributed by atoms with van der Waals surface area (Å²) in [5.74, 6) is 1.04. The van der Waals surface area contributed by atoms with Gasteiger partial charge in [0, 0.05) is 24.7 Å². The van der Waals surface area contributed by atoms with Gasteiger partial charge in [-0.2, -0.15) is 15.1 Å². The minimum atomic E-state index is -2.58. The molecule has 1 aromatic carbocycles. The van der Waals surface area contributed by atoms with Crippen LogP contribution >= 0.6 is 0 Å². The molecule has 3 N–H and O–H groups in total. The number of rotatable bonds is 5. The summed E-state index contributed by atoms with van der Waals surface area (Å²) in [6, 6.07) is 6.12. The maximum atomic E-state index is 13.2. The number of aliphatic hydroxyl groups is 2. The summed E-state index contributed by atoms with van der Waals surface area (Å²) in [7, 11) is 0. The molecule has 0 unspecified atom stereocenters. The Bertz CT molecular complexity index is 1070. The molecule has 5 rings (SSSR count). The lowest BCUT2D eigenvalue weighted by Crippen LogP contribution is -2.39. The molecule has 0 amide bonds. The van der Waals surface area contributed by atoms with E-state index in [-0.39, 0.29) is 17.7 Å². The summed E-state index contributed by atoms with van der Waals surface area (Å²) in [4.78, 5) is 11.2. The lowest BCUT2D eigenvalue weighted by atomic mass is 9.90. The van der Waals surface area contributed by atoms with Crippen LogP contribution in [-0.2, 0) is 0 Å². The Kier molecular flexibility index (Phi) is 4.75. The standard InChI is InChI=1S/C20H22F2N6O2/c21-17(22)11-2-1-3-13(6-11)28-19-16(9-23-28)18(27-5-4-14(29)10-27)25-20(26-19)24-12-7-15(30)8-12/h1-3,6,9,12,14-15,17,29-30H,4-5,7-8,10H2,(H,24,25,26)/t12-,14-,15-/m1/s1. The van der Waals surface area contributed by atoms with Crippen molar-refractivity contribution in [2.24, 2.45) is 0 Å². The van der Waals surface area contributed by atoms with Crippen molar-refractivity contribution in [3.8, 4) is 5.69 Å². The molecular weight excluding hydrogens is 394 g/mol. The number of halogens is 2. The van der Waals surface area contributed by atoms with Gasteiger partial charge < -0.3 is 20.4 Å². The Morgan fingerprint density at radius 3 is 2.67 bits per heavy atom. The maximum absolute atomic E-state index is 13.2. The molecule has 10 heteroatoms. The van der Waals surface area contributed by atoms with Crippen molar-refractivity contribution in [2.45, 2.75) is 43.9 Å². The molecule has 0 bridgehead atoms. The predicted octanol–water partition coefficient (Wildman–Crippen LogP) is 2.26. The van der Waals surface area contributed by atoms with E-state index in [1.807, 2.05) is 4.90 Å². The third-order valence-corrected chi connectivity index (χ3v) is 5.68. The highest BCUT2D eigenvalue weighted by molar-refractivity contribution is 5.89. The molecule has 2 aromatic heterocycles. The number of fused-ring (bicyclic) bond motifs is 1. The smallest absolute Gasteiger partial charge is 0.263 e. The van der Waals surface area contributed by atoms with E-state index in [1.54, 1.807) is 18.3 Å². The Labute approximate surface area is 171 Å². The van der Waals surface area contributed by atoms with Gasteiger partial charge in [0.25, 0.3) is 6.43 Å². The van der Waals surface area contributed by atoms with Gasteiger partial charge >= 0.3 is 0 Å². The van der Waals surface area contributed by atoms with Crippen LogP contribution in [0, 0.1) is 0 Å². The monoisotopic (exact) mass is 416 g/mol. The molecule has 30 heavy (non-hydrogen) atoms. The molecule has 1 aliphatic heterocycles. The largest absolute Gasteiger partial charge is 0.393 e. The van der Waals surface area contributed by atoms with Gasteiger partial charge in [0.1, 0.15) is 5.82 Å². The number of alkyl halides is 2. The number of hydrogen-bond donors (Lipinski definition) is 3. The van der Waals surface area contributed by atoms with E-state index in [0.717, 1.165) is 0 Å². The zero-order valence-electron chi connectivity index (χ0n) is 16.1. The highest BCUT2D eigenvalue weighted by atomic mass is 19.3. The van der Waals surface area contributed by atoms with E-state index in [4.69, 9.17) is 0 Å². The number of anilines is 2. The zero-order chi connectivity index (χ0) is 20.8. The summed E-state index contributed by atoms with van der Waals surface area (Å²) in [6.07, 6.45) is 0.192. The molecule has 2 aliphatic rings. The number of aromatic nitrogens is 4. The average Bonchev–Trinajstić information content (AvgIpc) is 3.32. The summed E-state index contributed by atoms with van der Waals surface area (Å²) in [5, 5.41) is 27.9. The molecule has 1 atom stereocenters. The Morgan fingerprint density at radius 2 is 1.97 bits per heavy atom. The third kappa shape index (κ3) is 3.46. The number of nitrogens with one attached hydrogen (secondary N) is 1. The fraction of sp³-hybridized carbons (Fsp3) is 0.450. The molecule has 3 heterocycles. The van der Waals surface area contributed by atoms with Gasteiger partial charge in [-0.1, -0.05) is 12.1 Å². The molecule has 0 radical (unpaired) electrons. The number of nitrogens with zero attached hydrogens (tertiary/aromatic N) is 5. The molecular formula is C20H22F2N6O2. The Hall–Kier alpha value is -2.85. The second-order valence-corrected chi connectivity index (χ2v) is 7.92.